The van der Waals surface area contributed by atoms with Crippen molar-refractivity contribution in [1.82, 2.24) is 4.90 Å². The van der Waals surface area contributed by atoms with Gasteiger partial charge in [0.05, 0.1) is 0 Å². The van der Waals surface area contributed by atoms with Gasteiger partial charge in [-0.05, 0) is 62.4 Å². The molecule has 2 heteroatoms. The zero-order chi connectivity index (χ0) is 11.6. The summed E-state index contributed by atoms with van der Waals surface area (Å²) in [4.78, 5) is 2.73. The minimum atomic E-state index is 0.664. The fraction of sp³-hybridized carbons (Fsp3) is 1.00. The van der Waals surface area contributed by atoms with E-state index in [4.69, 9.17) is 0 Å². The number of alkyl halides is 1. The van der Waals surface area contributed by atoms with Gasteiger partial charge in [-0.15, -0.1) is 0 Å². The second-order valence-electron chi connectivity index (χ2n) is 6.34. The molecule has 0 bridgehead atoms. The van der Waals surface area contributed by atoms with E-state index in [-0.39, 0.29) is 0 Å². The fourth-order valence-electron chi connectivity index (χ4n) is 2.99. The van der Waals surface area contributed by atoms with E-state index in [1.54, 1.807) is 0 Å². The minimum absolute atomic E-state index is 0.664. The second-order valence-corrected chi connectivity index (χ2v) is 6.91. The average molecular weight is 288 g/mol. The smallest absolute Gasteiger partial charge is 0.0100 e. The van der Waals surface area contributed by atoms with Crippen molar-refractivity contribution in [3.8, 4) is 0 Å². The normalized spacial score (nSPS) is 30.4. The highest BCUT2D eigenvalue weighted by Crippen LogP contribution is 2.47. The third-order valence-corrected chi connectivity index (χ3v) is 5.80. The number of hydrogen-bond donors (Lipinski definition) is 0. The molecule has 0 aromatic rings. The molecule has 1 unspecified atom stereocenters. The van der Waals surface area contributed by atoms with Crippen molar-refractivity contribution in [2.45, 2.75) is 46.0 Å². The standard InChI is InChI=1S/C14H26BrN/c1-12(2)13-4-3-8-16(9-5-13)11-14(10-15)6-7-14/h12-13H,3-11H2,1-2H3. The molecule has 1 aliphatic carbocycles. The van der Waals surface area contributed by atoms with Crippen LogP contribution in [0.25, 0.3) is 0 Å². The van der Waals surface area contributed by atoms with Gasteiger partial charge >= 0.3 is 0 Å². The molecular formula is C14H26BrN. The molecule has 0 spiro atoms. The van der Waals surface area contributed by atoms with Crippen LogP contribution >= 0.6 is 15.9 Å². The van der Waals surface area contributed by atoms with Crippen molar-refractivity contribution in [2.75, 3.05) is 25.0 Å². The summed E-state index contributed by atoms with van der Waals surface area (Å²) >= 11 is 3.69. The first-order valence-corrected chi connectivity index (χ1v) is 8.06. The number of hydrogen-bond acceptors (Lipinski definition) is 1. The molecule has 1 saturated carbocycles. The molecule has 1 heterocycles. The van der Waals surface area contributed by atoms with Gasteiger partial charge in [0.2, 0.25) is 0 Å². The summed E-state index contributed by atoms with van der Waals surface area (Å²) in [5, 5.41) is 1.21. The third kappa shape index (κ3) is 3.22. The van der Waals surface area contributed by atoms with Crippen LogP contribution in [-0.4, -0.2) is 29.9 Å². The molecule has 2 fully saturated rings. The van der Waals surface area contributed by atoms with Crippen molar-refractivity contribution in [2.24, 2.45) is 17.3 Å². The van der Waals surface area contributed by atoms with Crippen molar-refractivity contribution < 1.29 is 0 Å². The van der Waals surface area contributed by atoms with Crippen LogP contribution in [0.15, 0.2) is 0 Å². The Kier molecular flexibility index (Phi) is 4.34. The molecule has 1 saturated heterocycles. The van der Waals surface area contributed by atoms with Gasteiger partial charge in [0.15, 0.2) is 0 Å². The van der Waals surface area contributed by atoms with Crippen LogP contribution < -0.4 is 0 Å². The predicted octanol–water partition coefficient (Wildman–Crippen LogP) is 3.92. The average Bonchev–Trinajstić information content (AvgIpc) is 3.04. The zero-order valence-electron chi connectivity index (χ0n) is 10.8. The lowest BCUT2D eigenvalue weighted by molar-refractivity contribution is 0.232. The van der Waals surface area contributed by atoms with E-state index >= 15 is 0 Å². The molecule has 1 nitrogen and oxygen atoms in total. The number of halogens is 1. The van der Waals surface area contributed by atoms with Gasteiger partial charge in [0.1, 0.15) is 0 Å². The predicted molar refractivity (Wildman–Crippen MR) is 74.1 cm³/mol. The Bertz CT molecular complexity index is 223. The highest BCUT2D eigenvalue weighted by atomic mass is 79.9. The Morgan fingerprint density at radius 1 is 1.25 bits per heavy atom. The van der Waals surface area contributed by atoms with Gasteiger partial charge < -0.3 is 4.90 Å². The van der Waals surface area contributed by atoms with Crippen LogP contribution in [0.3, 0.4) is 0 Å². The first kappa shape index (κ1) is 12.9. The van der Waals surface area contributed by atoms with Gasteiger partial charge in [0, 0.05) is 11.9 Å². The molecule has 2 aliphatic rings. The lowest BCUT2D eigenvalue weighted by Gasteiger charge is -2.25. The SMILES string of the molecule is CC(C)C1CCCN(CC2(CBr)CC2)CC1. The highest BCUT2D eigenvalue weighted by molar-refractivity contribution is 9.09. The Morgan fingerprint density at radius 2 is 2.00 bits per heavy atom. The first-order chi connectivity index (χ1) is 7.65. The molecule has 0 N–H and O–H groups in total. The minimum Gasteiger partial charge on any atom is -0.303 e. The number of rotatable bonds is 4. The Labute approximate surface area is 109 Å². The van der Waals surface area contributed by atoms with E-state index < -0.39 is 0 Å². The van der Waals surface area contributed by atoms with Crippen LogP contribution in [0.5, 0.6) is 0 Å². The molecule has 2 rings (SSSR count). The molecular weight excluding hydrogens is 262 g/mol. The Morgan fingerprint density at radius 3 is 2.56 bits per heavy atom. The van der Waals surface area contributed by atoms with Crippen molar-refractivity contribution in [1.29, 1.82) is 0 Å². The van der Waals surface area contributed by atoms with Gasteiger partial charge in [-0.2, -0.15) is 0 Å². The molecule has 1 atom stereocenters. The van der Waals surface area contributed by atoms with E-state index in [9.17, 15) is 0 Å². The summed E-state index contributed by atoms with van der Waals surface area (Å²) in [7, 11) is 0. The summed E-state index contributed by atoms with van der Waals surface area (Å²) in [6, 6.07) is 0. The highest BCUT2D eigenvalue weighted by Gasteiger charge is 2.42. The Balaban J connectivity index is 1.80. The lowest BCUT2D eigenvalue weighted by Crippen LogP contribution is -2.32. The molecule has 94 valence electrons. The lowest BCUT2D eigenvalue weighted by atomic mass is 9.89. The summed E-state index contributed by atoms with van der Waals surface area (Å²) in [6.45, 7) is 8.82. The largest absolute Gasteiger partial charge is 0.303 e. The molecule has 0 radical (unpaired) electrons. The molecule has 0 aromatic carbocycles. The fourth-order valence-corrected chi connectivity index (χ4v) is 3.73. The monoisotopic (exact) mass is 287 g/mol. The maximum Gasteiger partial charge on any atom is 0.0100 e. The summed E-state index contributed by atoms with van der Waals surface area (Å²) in [6.07, 6.45) is 7.19. The van der Waals surface area contributed by atoms with Gasteiger partial charge in [-0.1, -0.05) is 29.8 Å². The van der Waals surface area contributed by atoms with Crippen molar-refractivity contribution >= 4 is 15.9 Å². The topological polar surface area (TPSA) is 3.24 Å². The van der Waals surface area contributed by atoms with Gasteiger partial charge in [-0.3, -0.25) is 0 Å². The number of likely N-dealkylation sites (tertiary alicyclic amines) is 1. The van der Waals surface area contributed by atoms with E-state index in [1.807, 2.05) is 0 Å². The molecule has 1 aliphatic heterocycles. The van der Waals surface area contributed by atoms with Gasteiger partial charge in [-0.25, -0.2) is 0 Å². The second kappa shape index (κ2) is 5.39. The van der Waals surface area contributed by atoms with Crippen LogP contribution in [0.2, 0.25) is 0 Å². The van der Waals surface area contributed by atoms with Crippen molar-refractivity contribution in [3.05, 3.63) is 0 Å². The number of nitrogens with zero attached hydrogens (tertiary/aromatic N) is 1. The summed E-state index contributed by atoms with van der Waals surface area (Å²) < 4.78 is 0. The van der Waals surface area contributed by atoms with Crippen LogP contribution in [0, 0.1) is 17.3 Å². The van der Waals surface area contributed by atoms with Gasteiger partial charge in [0.25, 0.3) is 0 Å². The molecule has 0 aromatic heterocycles. The quantitative estimate of drug-likeness (QED) is 0.709. The molecule has 16 heavy (non-hydrogen) atoms. The van der Waals surface area contributed by atoms with Crippen molar-refractivity contribution in [3.63, 3.8) is 0 Å². The maximum atomic E-state index is 3.69. The van der Waals surface area contributed by atoms with Crippen LogP contribution in [-0.2, 0) is 0 Å². The molecule has 0 amide bonds. The third-order valence-electron chi connectivity index (χ3n) is 4.61. The summed E-state index contributed by atoms with van der Waals surface area (Å²) in [5.41, 5.74) is 0.664. The Hall–Kier alpha value is 0.440. The maximum absolute atomic E-state index is 3.69. The van der Waals surface area contributed by atoms with E-state index in [1.165, 1.54) is 57.1 Å². The summed E-state index contributed by atoms with van der Waals surface area (Å²) in [5.74, 6) is 1.86. The first-order valence-electron chi connectivity index (χ1n) is 6.93. The zero-order valence-corrected chi connectivity index (χ0v) is 12.4. The van der Waals surface area contributed by atoms with E-state index in [2.05, 4.69) is 34.7 Å². The van der Waals surface area contributed by atoms with Crippen LogP contribution in [0.1, 0.15) is 46.0 Å². The van der Waals surface area contributed by atoms with E-state index in [0.29, 0.717) is 5.41 Å². The van der Waals surface area contributed by atoms with E-state index in [0.717, 1.165) is 11.8 Å². The van der Waals surface area contributed by atoms with Crippen LogP contribution in [0.4, 0.5) is 0 Å².